The van der Waals surface area contributed by atoms with Crippen molar-refractivity contribution < 1.29 is 18.0 Å². The molecule has 0 aliphatic rings. The highest BCUT2D eigenvalue weighted by Gasteiger charge is 2.33. The van der Waals surface area contributed by atoms with Crippen LogP contribution in [-0.2, 0) is 26.2 Å². The highest BCUT2D eigenvalue weighted by Crippen LogP contribution is 2.27. The molecule has 0 aliphatic carbocycles. The average molecular weight is 577 g/mol. The molecule has 38 heavy (non-hydrogen) atoms. The topological polar surface area (TPSA) is 86.8 Å². The van der Waals surface area contributed by atoms with E-state index in [1.165, 1.54) is 24.1 Å². The van der Waals surface area contributed by atoms with Crippen LogP contribution in [0.1, 0.15) is 30.0 Å². The number of hydrogen-bond acceptors (Lipinski definition) is 4. The summed E-state index contributed by atoms with van der Waals surface area (Å²) in [4.78, 5) is 28.1. The molecular weight excluding hydrogens is 545 g/mol. The number of anilines is 1. The Morgan fingerprint density at radius 3 is 2.03 bits per heavy atom. The Morgan fingerprint density at radius 2 is 1.50 bits per heavy atom. The third kappa shape index (κ3) is 6.87. The van der Waals surface area contributed by atoms with E-state index in [2.05, 4.69) is 5.32 Å². The molecule has 0 saturated heterocycles. The lowest BCUT2D eigenvalue weighted by atomic mass is 10.1. The van der Waals surface area contributed by atoms with Crippen LogP contribution in [0, 0.1) is 13.8 Å². The smallest absolute Gasteiger partial charge is 0.264 e. The van der Waals surface area contributed by atoms with Crippen molar-refractivity contribution in [1.29, 1.82) is 0 Å². The van der Waals surface area contributed by atoms with E-state index in [0.29, 0.717) is 27.7 Å². The molecule has 1 atom stereocenters. The molecule has 1 unspecified atom stereocenters. The molecule has 0 heterocycles. The van der Waals surface area contributed by atoms with Crippen molar-refractivity contribution in [3.8, 4) is 0 Å². The van der Waals surface area contributed by atoms with Gasteiger partial charge in [-0.2, -0.15) is 0 Å². The molecule has 0 fully saturated rings. The van der Waals surface area contributed by atoms with Crippen LogP contribution in [0.15, 0.2) is 71.6 Å². The van der Waals surface area contributed by atoms with Crippen LogP contribution in [-0.4, -0.2) is 44.8 Å². The lowest BCUT2D eigenvalue weighted by molar-refractivity contribution is -0.140. The van der Waals surface area contributed by atoms with E-state index in [-0.39, 0.29) is 17.3 Å². The van der Waals surface area contributed by atoms with Gasteiger partial charge in [0.25, 0.3) is 10.0 Å². The van der Waals surface area contributed by atoms with Gasteiger partial charge in [-0.25, -0.2) is 8.42 Å². The number of likely N-dealkylation sites (N-methyl/N-ethyl adjacent to an activating group) is 1. The summed E-state index contributed by atoms with van der Waals surface area (Å²) in [7, 11) is -2.63. The number of amides is 2. The summed E-state index contributed by atoms with van der Waals surface area (Å²) < 4.78 is 28.7. The third-order valence-electron chi connectivity index (χ3n) is 6.20. The number of halogens is 2. The molecular formula is C28H31Cl2N3O4S. The predicted octanol–water partition coefficient (Wildman–Crippen LogP) is 5.36. The number of carbonyl (C=O) groups is 2. The van der Waals surface area contributed by atoms with Crippen LogP contribution >= 0.6 is 23.2 Å². The van der Waals surface area contributed by atoms with Crippen molar-refractivity contribution in [3.05, 3.63) is 93.5 Å². The van der Waals surface area contributed by atoms with Gasteiger partial charge in [0.1, 0.15) is 12.6 Å². The van der Waals surface area contributed by atoms with Gasteiger partial charge in [-0.3, -0.25) is 13.9 Å². The Balaban J connectivity index is 2.07. The van der Waals surface area contributed by atoms with E-state index in [1.807, 2.05) is 13.8 Å². The molecule has 0 saturated carbocycles. The van der Waals surface area contributed by atoms with E-state index in [9.17, 15) is 18.0 Å². The Labute approximate surface area is 234 Å². The van der Waals surface area contributed by atoms with Gasteiger partial charge >= 0.3 is 0 Å². The first kappa shape index (κ1) is 29.5. The largest absolute Gasteiger partial charge is 0.357 e. The maximum absolute atomic E-state index is 13.9. The van der Waals surface area contributed by atoms with Gasteiger partial charge in [0.15, 0.2) is 0 Å². The number of nitrogens with one attached hydrogen (secondary N) is 1. The van der Waals surface area contributed by atoms with E-state index >= 15 is 0 Å². The molecule has 1 N–H and O–H groups in total. The second-order valence-corrected chi connectivity index (χ2v) is 11.7. The number of nitrogens with zero attached hydrogens (tertiary/aromatic N) is 2. The SMILES string of the molecule is CCC(C(=O)NC)N(Cc1ccc(Cl)cc1Cl)C(=O)CN(c1ccc(C)cc1)S(=O)(=O)c1ccc(C)cc1. The van der Waals surface area contributed by atoms with Crippen LogP contribution in [0.4, 0.5) is 5.69 Å². The summed E-state index contributed by atoms with van der Waals surface area (Å²) in [6.45, 7) is 5.01. The van der Waals surface area contributed by atoms with Gasteiger partial charge in [-0.05, 0) is 62.2 Å². The first-order valence-corrected chi connectivity index (χ1v) is 14.3. The Kier molecular flexibility index (Phi) is 9.82. The first-order valence-electron chi connectivity index (χ1n) is 12.1. The summed E-state index contributed by atoms with van der Waals surface area (Å²) in [5.74, 6) is -0.919. The minimum atomic E-state index is -4.12. The fourth-order valence-electron chi connectivity index (χ4n) is 4.00. The predicted molar refractivity (Wildman–Crippen MR) is 152 cm³/mol. The van der Waals surface area contributed by atoms with E-state index in [1.54, 1.807) is 61.5 Å². The molecule has 3 aromatic rings. The molecule has 3 rings (SSSR count). The van der Waals surface area contributed by atoms with E-state index in [4.69, 9.17) is 23.2 Å². The summed E-state index contributed by atoms with van der Waals surface area (Å²) in [5, 5.41) is 3.37. The number of sulfonamides is 1. The molecule has 0 aliphatic heterocycles. The number of rotatable bonds is 10. The Hall–Kier alpha value is -3.07. The molecule has 3 aromatic carbocycles. The maximum atomic E-state index is 13.9. The zero-order valence-electron chi connectivity index (χ0n) is 21.7. The zero-order valence-corrected chi connectivity index (χ0v) is 24.1. The molecule has 0 bridgehead atoms. The molecule has 10 heteroatoms. The summed E-state index contributed by atoms with van der Waals surface area (Å²) in [6.07, 6.45) is 0.311. The first-order chi connectivity index (χ1) is 18.0. The maximum Gasteiger partial charge on any atom is 0.264 e. The van der Waals surface area contributed by atoms with Crippen molar-refractivity contribution in [3.63, 3.8) is 0 Å². The van der Waals surface area contributed by atoms with Gasteiger partial charge in [0, 0.05) is 23.6 Å². The molecule has 202 valence electrons. The highest BCUT2D eigenvalue weighted by molar-refractivity contribution is 7.92. The normalized spacial score (nSPS) is 12.1. The van der Waals surface area contributed by atoms with E-state index in [0.717, 1.165) is 15.4 Å². The number of benzene rings is 3. The minimum Gasteiger partial charge on any atom is -0.357 e. The van der Waals surface area contributed by atoms with Crippen molar-refractivity contribution in [2.24, 2.45) is 0 Å². The van der Waals surface area contributed by atoms with Crippen molar-refractivity contribution >= 4 is 50.7 Å². The molecule has 0 spiro atoms. The van der Waals surface area contributed by atoms with Gasteiger partial charge in [0.05, 0.1) is 10.6 Å². The Morgan fingerprint density at radius 1 is 0.921 bits per heavy atom. The van der Waals surface area contributed by atoms with Gasteiger partial charge in [0.2, 0.25) is 11.8 Å². The fourth-order valence-corrected chi connectivity index (χ4v) is 5.88. The second-order valence-electron chi connectivity index (χ2n) is 8.96. The molecule has 7 nitrogen and oxygen atoms in total. The van der Waals surface area contributed by atoms with Gasteiger partial charge < -0.3 is 10.2 Å². The van der Waals surface area contributed by atoms with Crippen LogP contribution in [0.2, 0.25) is 10.0 Å². The molecule has 2 amide bonds. The number of hydrogen-bond donors (Lipinski definition) is 1. The van der Waals surface area contributed by atoms with Crippen LogP contribution in [0.5, 0.6) is 0 Å². The van der Waals surface area contributed by atoms with E-state index < -0.39 is 28.5 Å². The monoisotopic (exact) mass is 575 g/mol. The average Bonchev–Trinajstić information content (AvgIpc) is 2.88. The van der Waals surface area contributed by atoms with Crippen molar-refractivity contribution in [1.82, 2.24) is 10.2 Å². The third-order valence-corrected chi connectivity index (χ3v) is 8.57. The lowest BCUT2D eigenvalue weighted by Gasteiger charge is -2.33. The number of carbonyl (C=O) groups excluding carboxylic acids is 2. The lowest BCUT2D eigenvalue weighted by Crippen LogP contribution is -2.51. The number of aryl methyl sites for hydroxylation is 2. The molecule has 0 radical (unpaired) electrons. The Bertz CT molecular complexity index is 1390. The van der Waals surface area contributed by atoms with Crippen molar-refractivity contribution in [2.45, 2.75) is 44.7 Å². The molecule has 0 aromatic heterocycles. The van der Waals surface area contributed by atoms with Crippen LogP contribution < -0.4 is 9.62 Å². The standard InChI is InChI=1S/C28H31Cl2N3O4S/c1-5-26(28(35)31-4)32(17-21-10-11-22(29)16-25(21)30)27(34)18-33(23-12-6-19(2)7-13-23)38(36,37)24-14-8-20(3)9-15-24/h6-16,26H,5,17-18H2,1-4H3,(H,31,35). The zero-order chi connectivity index (χ0) is 28.0. The summed E-state index contributed by atoms with van der Waals surface area (Å²) in [6, 6.07) is 17.4. The van der Waals surface area contributed by atoms with Crippen LogP contribution in [0.25, 0.3) is 0 Å². The minimum absolute atomic E-state index is 0.00687. The van der Waals surface area contributed by atoms with Gasteiger partial charge in [-0.1, -0.05) is 71.6 Å². The fraction of sp³-hybridized carbons (Fsp3) is 0.286. The second kappa shape index (κ2) is 12.7. The highest BCUT2D eigenvalue weighted by atomic mass is 35.5. The van der Waals surface area contributed by atoms with Gasteiger partial charge in [-0.15, -0.1) is 0 Å². The summed E-state index contributed by atoms with van der Waals surface area (Å²) >= 11 is 12.4. The summed E-state index contributed by atoms with van der Waals surface area (Å²) in [5.41, 5.74) is 2.76. The van der Waals surface area contributed by atoms with Crippen molar-refractivity contribution in [2.75, 3.05) is 17.9 Å². The van der Waals surface area contributed by atoms with Crippen LogP contribution in [0.3, 0.4) is 0 Å². The quantitative estimate of drug-likeness (QED) is 0.352.